The van der Waals surface area contributed by atoms with Gasteiger partial charge in [-0.1, -0.05) is 35.9 Å². The van der Waals surface area contributed by atoms with Crippen LogP contribution in [0.4, 0.5) is 5.69 Å². The summed E-state index contributed by atoms with van der Waals surface area (Å²) < 4.78 is 5.38. The quantitative estimate of drug-likeness (QED) is 0.879. The van der Waals surface area contributed by atoms with Gasteiger partial charge in [0.05, 0.1) is 13.2 Å². The van der Waals surface area contributed by atoms with Crippen molar-refractivity contribution in [3.05, 3.63) is 53.6 Å². The fourth-order valence-corrected chi connectivity index (χ4v) is 2.73. The van der Waals surface area contributed by atoms with E-state index < -0.39 is 0 Å². The number of nitrogens with zero attached hydrogens (tertiary/aromatic N) is 1. The Bertz CT molecular complexity index is 601. The minimum atomic E-state index is 0.835. The molecule has 3 heteroatoms. The van der Waals surface area contributed by atoms with Crippen molar-refractivity contribution in [3.63, 3.8) is 0 Å². The van der Waals surface area contributed by atoms with E-state index >= 15 is 0 Å². The van der Waals surface area contributed by atoms with Crippen molar-refractivity contribution in [1.29, 1.82) is 0 Å². The summed E-state index contributed by atoms with van der Waals surface area (Å²) in [5.74, 6) is 0. The van der Waals surface area contributed by atoms with Crippen molar-refractivity contribution in [2.75, 3.05) is 32.0 Å². The van der Waals surface area contributed by atoms with Gasteiger partial charge in [0.1, 0.15) is 0 Å². The third kappa shape index (κ3) is 3.43. The molecule has 0 atom stereocenters. The van der Waals surface area contributed by atoms with E-state index in [0.717, 1.165) is 44.1 Å². The van der Waals surface area contributed by atoms with Gasteiger partial charge in [0.15, 0.2) is 0 Å². The van der Waals surface area contributed by atoms with Crippen LogP contribution in [0.1, 0.15) is 11.1 Å². The maximum atomic E-state index is 6.09. The Hall–Kier alpha value is -1.84. The molecule has 0 aromatic heterocycles. The second kappa shape index (κ2) is 6.29. The van der Waals surface area contributed by atoms with E-state index in [1.807, 2.05) is 12.1 Å². The smallest absolute Gasteiger partial charge is 0.0594 e. The van der Waals surface area contributed by atoms with Crippen molar-refractivity contribution in [1.82, 2.24) is 4.90 Å². The van der Waals surface area contributed by atoms with Crippen LogP contribution < -0.4 is 5.73 Å². The molecule has 0 amide bonds. The van der Waals surface area contributed by atoms with E-state index in [9.17, 15) is 0 Å². The van der Waals surface area contributed by atoms with Gasteiger partial charge in [-0.15, -0.1) is 0 Å². The molecule has 1 saturated heterocycles. The molecule has 0 saturated carbocycles. The largest absolute Gasteiger partial charge is 0.398 e. The van der Waals surface area contributed by atoms with Crippen LogP contribution in [0.3, 0.4) is 0 Å². The number of benzene rings is 2. The highest BCUT2D eigenvalue weighted by Crippen LogP contribution is 2.27. The van der Waals surface area contributed by atoms with E-state index in [2.05, 4.69) is 42.2 Å². The predicted molar refractivity (Wildman–Crippen MR) is 87.1 cm³/mol. The van der Waals surface area contributed by atoms with E-state index in [-0.39, 0.29) is 0 Å². The summed E-state index contributed by atoms with van der Waals surface area (Å²) in [4.78, 5) is 2.43. The van der Waals surface area contributed by atoms with Gasteiger partial charge >= 0.3 is 0 Å². The summed E-state index contributed by atoms with van der Waals surface area (Å²) in [6.07, 6.45) is 0. The first-order chi connectivity index (χ1) is 10.2. The van der Waals surface area contributed by atoms with Crippen molar-refractivity contribution in [2.24, 2.45) is 0 Å². The Morgan fingerprint density at radius 1 is 1.05 bits per heavy atom. The van der Waals surface area contributed by atoms with Gasteiger partial charge in [-0.25, -0.2) is 0 Å². The zero-order valence-electron chi connectivity index (χ0n) is 12.5. The highest BCUT2D eigenvalue weighted by molar-refractivity contribution is 5.76. The second-order valence-electron chi connectivity index (χ2n) is 5.68. The van der Waals surface area contributed by atoms with Crippen LogP contribution in [-0.2, 0) is 11.3 Å². The number of ether oxygens (including phenoxy) is 1. The Morgan fingerprint density at radius 2 is 1.76 bits per heavy atom. The zero-order valence-corrected chi connectivity index (χ0v) is 12.5. The van der Waals surface area contributed by atoms with Crippen LogP contribution in [0.2, 0.25) is 0 Å². The number of aryl methyl sites for hydroxylation is 1. The second-order valence-corrected chi connectivity index (χ2v) is 5.68. The zero-order chi connectivity index (χ0) is 14.7. The Kier molecular flexibility index (Phi) is 4.23. The van der Waals surface area contributed by atoms with Crippen molar-refractivity contribution >= 4 is 5.69 Å². The molecule has 1 heterocycles. The number of nitrogen functional groups attached to an aromatic ring is 1. The van der Waals surface area contributed by atoms with Gasteiger partial charge in [0, 0.05) is 30.9 Å². The monoisotopic (exact) mass is 282 g/mol. The van der Waals surface area contributed by atoms with E-state index in [0.29, 0.717) is 0 Å². The molecule has 2 aromatic carbocycles. The molecule has 3 nitrogen and oxygen atoms in total. The Morgan fingerprint density at radius 3 is 2.48 bits per heavy atom. The Balaban J connectivity index is 1.75. The maximum Gasteiger partial charge on any atom is 0.0594 e. The van der Waals surface area contributed by atoms with Crippen molar-refractivity contribution in [3.8, 4) is 11.1 Å². The summed E-state index contributed by atoms with van der Waals surface area (Å²) in [6.45, 7) is 6.82. The topological polar surface area (TPSA) is 38.5 Å². The SMILES string of the molecule is Cc1ccc(N)c(-c2ccc(CN3CCOCC3)cc2)c1. The molecule has 2 N–H and O–H groups in total. The lowest BCUT2D eigenvalue weighted by molar-refractivity contribution is 0.0342. The average molecular weight is 282 g/mol. The summed E-state index contributed by atoms with van der Waals surface area (Å²) in [7, 11) is 0. The molecule has 1 fully saturated rings. The van der Waals surface area contributed by atoms with Crippen LogP contribution in [0.15, 0.2) is 42.5 Å². The van der Waals surface area contributed by atoms with Crippen molar-refractivity contribution in [2.45, 2.75) is 13.5 Å². The summed E-state index contributed by atoms with van der Waals surface area (Å²) in [5.41, 5.74) is 11.8. The third-order valence-corrected chi connectivity index (χ3v) is 3.98. The predicted octanol–water partition coefficient (Wildman–Crippen LogP) is 3.08. The van der Waals surface area contributed by atoms with Gasteiger partial charge in [0.2, 0.25) is 0 Å². The lowest BCUT2D eigenvalue weighted by Crippen LogP contribution is -2.35. The van der Waals surface area contributed by atoms with Crippen LogP contribution in [0.5, 0.6) is 0 Å². The van der Waals surface area contributed by atoms with Gasteiger partial charge in [-0.05, 0) is 30.2 Å². The minimum Gasteiger partial charge on any atom is -0.398 e. The molecule has 3 rings (SSSR count). The molecule has 110 valence electrons. The molecule has 21 heavy (non-hydrogen) atoms. The van der Waals surface area contributed by atoms with E-state index in [1.165, 1.54) is 16.7 Å². The molecule has 0 bridgehead atoms. The van der Waals surface area contributed by atoms with Gasteiger partial charge < -0.3 is 10.5 Å². The Labute approximate surface area is 126 Å². The van der Waals surface area contributed by atoms with Gasteiger partial charge in [0.25, 0.3) is 0 Å². The highest BCUT2D eigenvalue weighted by Gasteiger charge is 2.10. The maximum absolute atomic E-state index is 6.09. The standard InChI is InChI=1S/C18H22N2O/c1-14-2-7-18(19)17(12-14)16-5-3-15(4-6-16)13-20-8-10-21-11-9-20/h2-7,12H,8-11,13,19H2,1H3. The highest BCUT2D eigenvalue weighted by atomic mass is 16.5. The number of morpholine rings is 1. The van der Waals surface area contributed by atoms with Crippen molar-refractivity contribution < 1.29 is 4.74 Å². The van der Waals surface area contributed by atoms with Gasteiger partial charge in [-0.3, -0.25) is 4.90 Å². The molecular weight excluding hydrogens is 260 g/mol. The molecule has 1 aliphatic heterocycles. The van der Waals surface area contributed by atoms with E-state index in [4.69, 9.17) is 10.5 Å². The minimum absolute atomic E-state index is 0.835. The fraction of sp³-hybridized carbons (Fsp3) is 0.333. The number of anilines is 1. The van der Waals surface area contributed by atoms with Crippen LogP contribution in [-0.4, -0.2) is 31.2 Å². The molecule has 2 aromatic rings. The summed E-state index contributed by atoms with van der Waals surface area (Å²) in [5, 5.41) is 0. The molecule has 1 aliphatic rings. The van der Waals surface area contributed by atoms with Crippen LogP contribution in [0, 0.1) is 6.92 Å². The van der Waals surface area contributed by atoms with Gasteiger partial charge in [-0.2, -0.15) is 0 Å². The first kappa shape index (κ1) is 14.1. The molecule has 0 unspecified atom stereocenters. The first-order valence-corrected chi connectivity index (χ1v) is 7.48. The summed E-state index contributed by atoms with van der Waals surface area (Å²) >= 11 is 0. The van der Waals surface area contributed by atoms with Crippen LogP contribution in [0.25, 0.3) is 11.1 Å². The van der Waals surface area contributed by atoms with Crippen LogP contribution >= 0.6 is 0 Å². The lowest BCUT2D eigenvalue weighted by atomic mass is 10.0. The molecule has 0 spiro atoms. The fourth-order valence-electron chi connectivity index (χ4n) is 2.73. The molecule has 0 aliphatic carbocycles. The molecular formula is C18H22N2O. The molecule has 0 radical (unpaired) electrons. The number of hydrogen-bond donors (Lipinski definition) is 1. The number of rotatable bonds is 3. The normalized spacial score (nSPS) is 16.0. The summed E-state index contributed by atoms with van der Waals surface area (Å²) in [6, 6.07) is 14.9. The number of nitrogens with two attached hydrogens (primary N) is 1. The average Bonchev–Trinajstić information content (AvgIpc) is 2.52. The first-order valence-electron chi connectivity index (χ1n) is 7.48. The van der Waals surface area contributed by atoms with E-state index in [1.54, 1.807) is 0 Å². The lowest BCUT2D eigenvalue weighted by Gasteiger charge is -2.26. The number of hydrogen-bond acceptors (Lipinski definition) is 3. The third-order valence-electron chi connectivity index (χ3n) is 3.98.